The Labute approximate surface area is 99.6 Å². The second-order valence-electron chi connectivity index (χ2n) is 3.63. The molecule has 17 heavy (non-hydrogen) atoms. The molecular formula is C12H16O5. The van der Waals surface area contributed by atoms with Gasteiger partial charge in [-0.1, -0.05) is 0 Å². The van der Waals surface area contributed by atoms with Crippen molar-refractivity contribution in [2.45, 2.75) is 19.4 Å². The Kier molecular flexibility index (Phi) is 4.34. The summed E-state index contributed by atoms with van der Waals surface area (Å²) < 4.78 is 10.3. The molecule has 1 atom stereocenters. The zero-order valence-electron chi connectivity index (χ0n) is 10.1. The summed E-state index contributed by atoms with van der Waals surface area (Å²) in [5, 5.41) is 18.4. The predicted molar refractivity (Wildman–Crippen MR) is 61.5 cm³/mol. The Balaban J connectivity index is 3.16. The highest BCUT2D eigenvalue weighted by molar-refractivity contribution is 5.68. The van der Waals surface area contributed by atoms with Crippen LogP contribution in [0.15, 0.2) is 12.1 Å². The number of methoxy groups -OCH3 is 2. The van der Waals surface area contributed by atoms with E-state index in [1.54, 1.807) is 19.1 Å². The summed E-state index contributed by atoms with van der Waals surface area (Å²) in [5.41, 5.74) is 1.19. The number of carboxylic acids is 1. The third-order valence-electron chi connectivity index (χ3n) is 2.54. The Hall–Kier alpha value is -1.75. The van der Waals surface area contributed by atoms with Gasteiger partial charge in [-0.3, -0.25) is 4.79 Å². The molecule has 94 valence electrons. The lowest BCUT2D eigenvalue weighted by atomic mass is 10.0. The van der Waals surface area contributed by atoms with Gasteiger partial charge in [0.15, 0.2) is 0 Å². The van der Waals surface area contributed by atoms with E-state index in [4.69, 9.17) is 14.6 Å². The van der Waals surface area contributed by atoms with Gasteiger partial charge in [0.05, 0.1) is 26.7 Å². The van der Waals surface area contributed by atoms with E-state index >= 15 is 0 Å². The first kappa shape index (κ1) is 13.3. The van der Waals surface area contributed by atoms with Crippen molar-refractivity contribution < 1.29 is 24.5 Å². The molecule has 0 aliphatic carbocycles. The smallest absolute Gasteiger partial charge is 0.306 e. The molecule has 1 unspecified atom stereocenters. The molecule has 0 saturated heterocycles. The van der Waals surface area contributed by atoms with Crippen molar-refractivity contribution in [1.82, 2.24) is 0 Å². The number of carbonyl (C=O) groups is 1. The van der Waals surface area contributed by atoms with E-state index in [1.807, 2.05) is 0 Å². The summed E-state index contributed by atoms with van der Waals surface area (Å²) in [4.78, 5) is 10.6. The van der Waals surface area contributed by atoms with Crippen molar-refractivity contribution in [3.05, 3.63) is 23.3 Å². The third-order valence-corrected chi connectivity index (χ3v) is 2.54. The summed E-state index contributed by atoms with van der Waals surface area (Å²) in [6.45, 7) is 1.79. The predicted octanol–water partition coefficient (Wildman–Crippen LogP) is 1.52. The number of aliphatic hydroxyl groups excluding tert-OH is 1. The fourth-order valence-corrected chi connectivity index (χ4v) is 1.72. The lowest BCUT2D eigenvalue weighted by Gasteiger charge is -2.17. The first-order valence-electron chi connectivity index (χ1n) is 5.12. The minimum Gasteiger partial charge on any atom is -0.496 e. The zero-order valence-corrected chi connectivity index (χ0v) is 10.1. The number of hydrogen-bond donors (Lipinski definition) is 2. The van der Waals surface area contributed by atoms with Crippen LogP contribution in [0.25, 0.3) is 0 Å². The Morgan fingerprint density at radius 3 is 2.47 bits per heavy atom. The van der Waals surface area contributed by atoms with Crippen LogP contribution < -0.4 is 9.47 Å². The highest BCUT2D eigenvalue weighted by Crippen LogP contribution is 2.35. The van der Waals surface area contributed by atoms with E-state index in [2.05, 4.69) is 0 Å². The number of rotatable bonds is 5. The van der Waals surface area contributed by atoms with Gasteiger partial charge in [-0.2, -0.15) is 0 Å². The van der Waals surface area contributed by atoms with Crippen LogP contribution in [0.5, 0.6) is 11.5 Å². The average molecular weight is 240 g/mol. The van der Waals surface area contributed by atoms with Crippen LogP contribution in [0.3, 0.4) is 0 Å². The lowest BCUT2D eigenvalue weighted by Crippen LogP contribution is -2.08. The van der Waals surface area contributed by atoms with Crippen molar-refractivity contribution in [3.8, 4) is 11.5 Å². The standard InChI is InChI=1S/C12H16O5/c1-7-10(16-2)5-4-8(12(7)17-3)9(13)6-11(14)15/h4-5,9,13H,6H2,1-3H3,(H,14,15). The van der Waals surface area contributed by atoms with E-state index in [0.29, 0.717) is 17.1 Å². The molecule has 0 bridgehead atoms. The fourth-order valence-electron chi connectivity index (χ4n) is 1.72. The molecule has 0 saturated carbocycles. The van der Waals surface area contributed by atoms with Gasteiger partial charge in [0.25, 0.3) is 0 Å². The number of hydrogen-bond acceptors (Lipinski definition) is 4. The van der Waals surface area contributed by atoms with Gasteiger partial charge in [-0.15, -0.1) is 0 Å². The molecule has 1 aromatic carbocycles. The van der Waals surface area contributed by atoms with Crippen LogP contribution in [0.4, 0.5) is 0 Å². The van der Waals surface area contributed by atoms with Gasteiger partial charge < -0.3 is 19.7 Å². The zero-order chi connectivity index (χ0) is 13.0. The van der Waals surface area contributed by atoms with Gasteiger partial charge in [-0.05, 0) is 19.1 Å². The molecule has 0 fully saturated rings. The van der Waals surface area contributed by atoms with Crippen molar-refractivity contribution in [2.24, 2.45) is 0 Å². The molecule has 0 aliphatic rings. The van der Waals surface area contributed by atoms with E-state index in [-0.39, 0.29) is 6.42 Å². The van der Waals surface area contributed by atoms with Crippen LogP contribution in [0, 0.1) is 6.92 Å². The molecular weight excluding hydrogens is 224 g/mol. The van der Waals surface area contributed by atoms with Gasteiger partial charge in [0, 0.05) is 11.1 Å². The number of benzene rings is 1. The molecule has 0 amide bonds. The van der Waals surface area contributed by atoms with Crippen LogP contribution in [-0.2, 0) is 4.79 Å². The molecule has 5 nitrogen and oxygen atoms in total. The summed E-state index contributed by atoms with van der Waals surface area (Å²) >= 11 is 0. The Morgan fingerprint density at radius 2 is 2.00 bits per heavy atom. The van der Waals surface area contributed by atoms with Gasteiger partial charge in [-0.25, -0.2) is 0 Å². The van der Waals surface area contributed by atoms with Crippen LogP contribution in [0.2, 0.25) is 0 Å². The maximum atomic E-state index is 10.6. The van der Waals surface area contributed by atoms with E-state index in [9.17, 15) is 9.90 Å². The van der Waals surface area contributed by atoms with Crippen LogP contribution in [0.1, 0.15) is 23.7 Å². The maximum absolute atomic E-state index is 10.6. The van der Waals surface area contributed by atoms with Crippen molar-refractivity contribution in [2.75, 3.05) is 14.2 Å². The van der Waals surface area contributed by atoms with Crippen molar-refractivity contribution in [3.63, 3.8) is 0 Å². The summed E-state index contributed by atoms with van der Waals surface area (Å²) in [6, 6.07) is 3.29. The normalized spacial score (nSPS) is 12.0. The molecule has 0 aliphatic heterocycles. The van der Waals surface area contributed by atoms with Crippen LogP contribution >= 0.6 is 0 Å². The summed E-state index contributed by atoms with van der Waals surface area (Å²) in [5.74, 6) is 0.0271. The summed E-state index contributed by atoms with van der Waals surface area (Å²) in [7, 11) is 3.01. The lowest BCUT2D eigenvalue weighted by molar-refractivity contribution is -0.139. The first-order valence-corrected chi connectivity index (χ1v) is 5.12. The molecule has 0 heterocycles. The van der Waals surface area contributed by atoms with E-state index in [0.717, 1.165) is 5.56 Å². The van der Waals surface area contributed by atoms with E-state index < -0.39 is 12.1 Å². The van der Waals surface area contributed by atoms with Crippen molar-refractivity contribution in [1.29, 1.82) is 0 Å². The molecule has 0 radical (unpaired) electrons. The topological polar surface area (TPSA) is 76.0 Å². The number of ether oxygens (including phenoxy) is 2. The minimum atomic E-state index is -1.09. The third kappa shape index (κ3) is 2.88. The highest BCUT2D eigenvalue weighted by Gasteiger charge is 2.19. The van der Waals surface area contributed by atoms with E-state index in [1.165, 1.54) is 14.2 Å². The Morgan fingerprint density at radius 1 is 1.35 bits per heavy atom. The van der Waals surface area contributed by atoms with Crippen molar-refractivity contribution >= 4 is 5.97 Å². The fraction of sp³-hybridized carbons (Fsp3) is 0.417. The molecule has 0 spiro atoms. The maximum Gasteiger partial charge on any atom is 0.306 e. The summed E-state index contributed by atoms with van der Waals surface area (Å²) in [6.07, 6.45) is -1.45. The number of aliphatic carboxylic acids is 1. The second-order valence-corrected chi connectivity index (χ2v) is 3.63. The molecule has 2 N–H and O–H groups in total. The molecule has 5 heteroatoms. The SMILES string of the molecule is COc1ccc(C(O)CC(=O)O)c(OC)c1C. The van der Waals surface area contributed by atoms with Gasteiger partial charge in [0.2, 0.25) is 0 Å². The highest BCUT2D eigenvalue weighted by atomic mass is 16.5. The number of aliphatic hydroxyl groups is 1. The quantitative estimate of drug-likeness (QED) is 0.816. The Bertz CT molecular complexity index is 414. The largest absolute Gasteiger partial charge is 0.496 e. The van der Waals surface area contributed by atoms with Crippen LogP contribution in [-0.4, -0.2) is 30.4 Å². The molecule has 0 aromatic heterocycles. The first-order chi connectivity index (χ1) is 8.01. The molecule has 1 aromatic rings. The number of carboxylic acid groups (broad SMARTS) is 1. The average Bonchev–Trinajstić information content (AvgIpc) is 2.27. The monoisotopic (exact) mass is 240 g/mol. The second kappa shape index (κ2) is 5.54. The minimum absolute atomic E-state index is 0.359. The molecule has 1 rings (SSSR count). The van der Waals surface area contributed by atoms with Gasteiger partial charge >= 0.3 is 5.97 Å². The van der Waals surface area contributed by atoms with Gasteiger partial charge in [0.1, 0.15) is 11.5 Å².